The fourth-order valence-electron chi connectivity index (χ4n) is 3.33. The summed E-state index contributed by atoms with van der Waals surface area (Å²) in [5.41, 5.74) is 3.95. The summed E-state index contributed by atoms with van der Waals surface area (Å²) in [6, 6.07) is 11.0. The zero-order chi connectivity index (χ0) is 21.1. The van der Waals surface area contributed by atoms with Gasteiger partial charge >= 0.3 is 0 Å². The molecule has 2 aromatic carbocycles. The van der Waals surface area contributed by atoms with Crippen molar-refractivity contribution >= 4 is 23.1 Å². The summed E-state index contributed by atoms with van der Waals surface area (Å²) in [5.74, 6) is 0.250. The number of nitrogens with one attached hydrogen (secondary N) is 1. The van der Waals surface area contributed by atoms with Crippen molar-refractivity contribution in [2.24, 2.45) is 0 Å². The first-order chi connectivity index (χ1) is 13.9. The van der Waals surface area contributed by atoms with Gasteiger partial charge in [-0.1, -0.05) is 29.8 Å². The lowest BCUT2D eigenvalue weighted by atomic mass is 10.0. The van der Waals surface area contributed by atoms with Crippen molar-refractivity contribution in [2.45, 2.75) is 13.8 Å². The van der Waals surface area contributed by atoms with Crippen LogP contribution in [-0.2, 0) is 9.59 Å². The van der Waals surface area contributed by atoms with Crippen LogP contribution in [0.3, 0.4) is 0 Å². The van der Waals surface area contributed by atoms with E-state index < -0.39 is 0 Å². The van der Waals surface area contributed by atoms with Crippen molar-refractivity contribution in [1.82, 2.24) is 4.90 Å². The van der Waals surface area contributed by atoms with Crippen LogP contribution in [0.1, 0.15) is 16.7 Å². The third kappa shape index (κ3) is 3.74. The van der Waals surface area contributed by atoms with E-state index in [0.717, 1.165) is 16.8 Å². The molecule has 0 saturated carbocycles. The molecule has 2 aromatic rings. The molecule has 0 spiro atoms. The van der Waals surface area contributed by atoms with Crippen LogP contribution in [-0.4, -0.2) is 37.5 Å². The summed E-state index contributed by atoms with van der Waals surface area (Å²) in [4.78, 5) is 27.3. The molecule has 0 bridgehead atoms. The first kappa shape index (κ1) is 20.2. The van der Waals surface area contributed by atoms with Gasteiger partial charge in [-0.25, -0.2) is 0 Å². The minimum Gasteiger partial charge on any atom is -0.493 e. The van der Waals surface area contributed by atoms with Gasteiger partial charge in [0.05, 0.1) is 19.8 Å². The van der Waals surface area contributed by atoms with Crippen molar-refractivity contribution in [3.63, 3.8) is 0 Å². The molecule has 6 nitrogen and oxygen atoms in total. The first-order valence-electron chi connectivity index (χ1n) is 9.19. The Morgan fingerprint density at radius 1 is 1.00 bits per heavy atom. The fourth-order valence-corrected chi connectivity index (χ4v) is 3.33. The van der Waals surface area contributed by atoms with Gasteiger partial charge in [0, 0.05) is 12.2 Å². The van der Waals surface area contributed by atoms with Crippen LogP contribution in [0.25, 0.3) is 5.57 Å². The highest BCUT2D eigenvalue weighted by atomic mass is 16.5. The van der Waals surface area contributed by atoms with Gasteiger partial charge in [-0.2, -0.15) is 0 Å². The minimum atomic E-state index is -0.389. The third-order valence-electron chi connectivity index (χ3n) is 4.79. The normalized spacial score (nSPS) is 13.7. The summed E-state index contributed by atoms with van der Waals surface area (Å²) in [6.45, 7) is 7.74. The average Bonchev–Trinajstić information content (AvgIpc) is 2.94. The molecule has 0 saturated heterocycles. The molecule has 2 amide bonds. The largest absolute Gasteiger partial charge is 0.493 e. The predicted octanol–water partition coefficient (Wildman–Crippen LogP) is 3.70. The second-order valence-corrected chi connectivity index (χ2v) is 6.77. The molecule has 1 N–H and O–H groups in total. The van der Waals surface area contributed by atoms with Crippen LogP contribution in [0.2, 0.25) is 0 Å². The number of rotatable bonds is 7. The van der Waals surface area contributed by atoms with Gasteiger partial charge in [-0.15, -0.1) is 6.58 Å². The first-order valence-corrected chi connectivity index (χ1v) is 9.19. The van der Waals surface area contributed by atoms with Gasteiger partial charge in [0.1, 0.15) is 5.70 Å². The van der Waals surface area contributed by atoms with Crippen molar-refractivity contribution < 1.29 is 19.1 Å². The number of amides is 2. The number of carbonyl (C=O) groups excluding carboxylic acids is 2. The van der Waals surface area contributed by atoms with Crippen LogP contribution in [0.15, 0.2) is 54.8 Å². The Hall–Kier alpha value is -3.54. The van der Waals surface area contributed by atoms with Gasteiger partial charge in [0.25, 0.3) is 11.8 Å². The zero-order valence-corrected chi connectivity index (χ0v) is 17.0. The van der Waals surface area contributed by atoms with Crippen molar-refractivity contribution in [1.29, 1.82) is 0 Å². The van der Waals surface area contributed by atoms with Gasteiger partial charge in [0.15, 0.2) is 11.5 Å². The lowest BCUT2D eigenvalue weighted by molar-refractivity contribution is -0.136. The summed E-state index contributed by atoms with van der Waals surface area (Å²) in [6.07, 6.45) is 1.53. The average molecular weight is 392 g/mol. The molecule has 0 atom stereocenters. The third-order valence-corrected chi connectivity index (χ3v) is 4.79. The SMILES string of the molecule is C=CCN1C(=O)C(Nc2ccc(C)cc2C)=C(c2ccc(OC)c(OC)c2)C1=O. The molecule has 0 fully saturated rings. The number of methoxy groups -OCH3 is 2. The Kier molecular flexibility index (Phi) is 5.73. The number of aryl methyl sites for hydroxylation is 2. The Balaban J connectivity index is 2.14. The van der Waals surface area contributed by atoms with E-state index in [4.69, 9.17) is 9.47 Å². The van der Waals surface area contributed by atoms with Gasteiger partial charge in [-0.05, 0) is 43.2 Å². The smallest absolute Gasteiger partial charge is 0.278 e. The summed E-state index contributed by atoms with van der Waals surface area (Å²) in [7, 11) is 3.07. The highest BCUT2D eigenvalue weighted by molar-refractivity contribution is 6.36. The summed E-state index contributed by atoms with van der Waals surface area (Å²) >= 11 is 0. The molecule has 3 rings (SSSR count). The topological polar surface area (TPSA) is 67.9 Å². The molecule has 150 valence electrons. The molecule has 6 heteroatoms. The van der Waals surface area contributed by atoms with Crippen molar-refractivity contribution in [2.75, 3.05) is 26.1 Å². The molecule has 0 radical (unpaired) electrons. The quantitative estimate of drug-likeness (QED) is 0.575. The monoisotopic (exact) mass is 392 g/mol. The Morgan fingerprint density at radius 2 is 1.72 bits per heavy atom. The van der Waals surface area contributed by atoms with E-state index in [1.807, 2.05) is 32.0 Å². The van der Waals surface area contributed by atoms with E-state index in [2.05, 4.69) is 11.9 Å². The number of imide groups is 1. The van der Waals surface area contributed by atoms with Crippen LogP contribution in [0, 0.1) is 13.8 Å². The Morgan fingerprint density at radius 3 is 2.34 bits per heavy atom. The molecule has 1 heterocycles. The standard InChI is InChI=1S/C23H24N2O4/c1-6-11-25-22(26)20(16-8-10-18(28-4)19(13-16)29-5)21(23(25)27)24-17-9-7-14(2)12-15(17)3/h6-10,12-13,24H,1,11H2,2-5H3. The Bertz CT molecular complexity index is 1020. The number of carbonyl (C=O) groups is 2. The van der Waals surface area contributed by atoms with E-state index in [1.54, 1.807) is 25.3 Å². The van der Waals surface area contributed by atoms with E-state index in [-0.39, 0.29) is 29.6 Å². The van der Waals surface area contributed by atoms with Crippen LogP contribution in [0.4, 0.5) is 5.69 Å². The van der Waals surface area contributed by atoms with E-state index in [9.17, 15) is 9.59 Å². The van der Waals surface area contributed by atoms with E-state index in [1.165, 1.54) is 18.1 Å². The number of hydrogen-bond donors (Lipinski definition) is 1. The zero-order valence-electron chi connectivity index (χ0n) is 17.0. The minimum absolute atomic E-state index is 0.131. The summed E-state index contributed by atoms with van der Waals surface area (Å²) in [5, 5.41) is 3.18. The highest BCUT2D eigenvalue weighted by Gasteiger charge is 2.39. The molecular weight excluding hydrogens is 368 g/mol. The van der Waals surface area contributed by atoms with Crippen molar-refractivity contribution in [3.8, 4) is 11.5 Å². The van der Waals surface area contributed by atoms with Gasteiger partial charge in [0.2, 0.25) is 0 Å². The van der Waals surface area contributed by atoms with Crippen LogP contribution < -0.4 is 14.8 Å². The predicted molar refractivity (Wildman–Crippen MR) is 113 cm³/mol. The van der Waals surface area contributed by atoms with Gasteiger partial charge < -0.3 is 14.8 Å². The fraction of sp³-hybridized carbons (Fsp3) is 0.217. The molecule has 1 aliphatic rings. The van der Waals surface area contributed by atoms with Crippen LogP contribution >= 0.6 is 0 Å². The molecule has 0 aromatic heterocycles. The second-order valence-electron chi connectivity index (χ2n) is 6.77. The lowest BCUT2D eigenvalue weighted by Gasteiger charge is -2.13. The number of nitrogens with zero attached hydrogens (tertiary/aromatic N) is 1. The van der Waals surface area contributed by atoms with E-state index in [0.29, 0.717) is 17.1 Å². The van der Waals surface area contributed by atoms with Crippen LogP contribution in [0.5, 0.6) is 11.5 Å². The van der Waals surface area contributed by atoms with E-state index >= 15 is 0 Å². The van der Waals surface area contributed by atoms with Crippen molar-refractivity contribution in [3.05, 3.63) is 71.4 Å². The molecular formula is C23H24N2O4. The maximum atomic E-state index is 13.1. The lowest BCUT2D eigenvalue weighted by Crippen LogP contribution is -2.32. The summed E-state index contributed by atoms with van der Waals surface area (Å²) < 4.78 is 10.6. The molecule has 0 aliphatic carbocycles. The second kappa shape index (κ2) is 8.22. The maximum absolute atomic E-state index is 13.1. The number of ether oxygens (including phenoxy) is 2. The maximum Gasteiger partial charge on any atom is 0.278 e. The number of benzene rings is 2. The molecule has 29 heavy (non-hydrogen) atoms. The number of hydrogen-bond acceptors (Lipinski definition) is 5. The molecule has 1 aliphatic heterocycles. The highest BCUT2D eigenvalue weighted by Crippen LogP contribution is 2.36. The Labute approximate surface area is 170 Å². The van der Waals surface area contributed by atoms with Gasteiger partial charge in [-0.3, -0.25) is 14.5 Å². The number of anilines is 1. The molecule has 0 unspecified atom stereocenters.